The van der Waals surface area contributed by atoms with Gasteiger partial charge in [0.15, 0.2) is 0 Å². The smallest absolute Gasteiger partial charge is 0.220 e. The van der Waals surface area contributed by atoms with Crippen LogP contribution in [0.5, 0.6) is 0 Å². The summed E-state index contributed by atoms with van der Waals surface area (Å²) >= 11 is 2.15. The lowest BCUT2D eigenvalue weighted by Crippen LogP contribution is -2.50. The van der Waals surface area contributed by atoms with Crippen molar-refractivity contribution >= 4 is 17.7 Å². The van der Waals surface area contributed by atoms with E-state index in [9.17, 15) is 4.79 Å². The zero-order valence-electron chi connectivity index (χ0n) is 24.0. The molecule has 2 rings (SSSR count). The van der Waals surface area contributed by atoms with Crippen molar-refractivity contribution in [2.45, 2.75) is 150 Å². The summed E-state index contributed by atoms with van der Waals surface area (Å²) in [7, 11) is 0. The summed E-state index contributed by atoms with van der Waals surface area (Å²) in [5, 5.41) is 3.54. The maximum atomic E-state index is 13.4. The standard InChI is InChI=1S/C30H57NO2S/c1-9-14-30(12-4,13-5)33-20-19-29(10-2,11-3)31-25(32)21-27-15-17-28(22-27,18-16-27)24-34-23-26(6,7)8/h9-24H2,1-8H3,(H,31,32). The van der Waals surface area contributed by atoms with Gasteiger partial charge in [0.25, 0.3) is 0 Å². The van der Waals surface area contributed by atoms with E-state index in [2.05, 4.69) is 72.5 Å². The number of nitrogens with one attached hydrogen (secondary N) is 1. The van der Waals surface area contributed by atoms with E-state index in [4.69, 9.17) is 4.74 Å². The van der Waals surface area contributed by atoms with Crippen LogP contribution < -0.4 is 5.32 Å². The number of ether oxygens (including phenoxy) is 1. The maximum absolute atomic E-state index is 13.4. The predicted molar refractivity (Wildman–Crippen MR) is 150 cm³/mol. The number of thioether (sulfide) groups is 1. The van der Waals surface area contributed by atoms with Gasteiger partial charge in [-0.25, -0.2) is 0 Å². The van der Waals surface area contributed by atoms with Crippen molar-refractivity contribution in [2.75, 3.05) is 18.1 Å². The largest absolute Gasteiger partial charge is 0.375 e. The van der Waals surface area contributed by atoms with Gasteiger partial charge in [-0.2, -0.15) is 11.8 Å². The Morgan fingerprint density at radius 2 is 1.47 bits per heavy atom. The molecule has 0 atom stereocenters. The highest BCUT2D eigenvalue weighted by atomic mass is 32.2. The van der Waals surface area contributed by atoms with Gasteiger partial charge in [-0.05, 0) is 98.4 Å². The predicted octanol–water partition coefficient (Wildman–Crippen LogP) is 8.55. The van der Waals surface area contributed by atoms with Crippen molar-refractivity contribution in [3.05, 3.63) is 0 Å². The highest BCUT2D eigenvalue weighted by Crippen LogP contribution is 2.64. The first-order valence-corrected chi connectivity index (χ1v) is 15.6. The molecule has 4 heteroatoms. The van der Waals surface area contributed by atoms with Gasteiger partial charge < -0.3 is 10.1 Å². The molecule has 0 spiro atoms. The van der Waals surface area contributed by atoms with E-state index >= 15 is 0 Å². The summed E-state index contributed by atoms with van der Waals surface area (Å²) in [4.78, 5) is 13.4. The molecule has 34 heavy (non-hydrogen) atoms. The van der Waals surface area contributed by atoms with Gasteiger partial charge in [0.2, 0.25) is 5.91 Å². The monoisotopic (exact) mass is 495 g/mol. The van der Waals surface area contributed by atoms with Crippen molar-refractivity contribution in [3.8, 4) is 0 Å². The Balaban J connectivity index is 1.91. The highest BCUT2D eigenvalue weighted by molar-refractivity contribution is 7.99. The number of hydrogen-bond donors (Lipinski definition) is 1. The third-order valence-corrected chi connectivity index (χ3v) is 11.2. The summed E-state index contributed by atoms with van der Waals surface area (Å²) in [6.07, 6.45) is 14.4. The fraction of sp³-hybridized carbons (Fsp3) is 0.967. The molecule has 0 aromatic rings. The number of hydrogen-bond acceptors (Lipinski definition) is 3. The number of amides is 1. The molecule has 1 N–H and O–H groups in total. The number of carbonyl (C=O) groups excluding carboxylic acids is 1. The molecule has 0 heterocycles. The third kappa shape index (κ3) is 7.89. The Morgan fingerprint density at radius 1 is 0.882 bits per heavy atom. The average molecular weight is 496 g/mol. The van der Waals surface area contributed by atoms with Crippen molar-refractivity contribution < 1.29 is 9.53 Å². The Morgan fingerprint density at radius 3 is 1.97 bits per heavy atom. The van der Waals surface area contributed by atoms with Gasteiger partial charge in [-0.3, -0.25) is 4.79 Å². The first-order chi connectivity index (χ1) is 15.9. The van der Waals surface area contributed by atoms with Crippen LogP contribution >= 0.6 is 11.8 Å². The Hall–Kier alpha value is -0.220. The van der Waals surface area contributed by atoms with Crippen molar-refractivity contribution in [1.29, 1.82) is 0 Å². The van der Waals surface area contributed by atoms with Crippen LogP contribution in [0.3, 0.4) is 0 Å². The van der Waals surface area contributed by atoms with E-state index in [1.54, 1.807) is 0 Å². The van der Waals surface area contributed by atoms with Crippen LogP contribution in [0.25, 0.3) is 0 Å². The fourth-order valence-electron chi connectivity index (χ4n) is 6.79. The molecule has 0 aromatic carbocycles. The van der Waals surface area contributed by atoms with Gasteiger partial charge in [0, 0.05) is 18.6 Å². The summed E-state index contributed by atoms with van der Waals surface area (Å²) in [5.74, 6) is 2.80. The normalized spacial score (nSPS) is 25.2. The highest BCUT2D eigenvalue weighted by Gasteiger charge is 2.54. The minimum Gasteiger partial charge on any atom is -0.375 e. The first kappa shape index (κ1) is 30.0. The summed E-state index contributed by atoms with van der Waals surface area (Å²) in [6.45, 7) is 18.9. The minimum absolute atomic E-state index is 0.00692. The Kier molecular flexibility index (Phi) is 10.9. The molecule has 200 valence electrons. The molecule has 0 unspecified atom stereocenters. The second-order valence-electron chi connectivity index (χ2n) is 13.2. The molecular formula is C30H57NO2S. The molecule has 2 bridgehead atoms. The lowest BCUT2D eigenvalue weighted by Gasteiger charge is -2.37. The lowest BCUT2D eigenvalue weighted by atomic mass is 9.79. The Bertz CT molecular complexity index is 622. The quantitative estimate of drug-likeness (QED) is 0.233. The van der Waals surface area contributed by atoms with E-state index in [1.165, 1.54) is 43.6 Å². The van der Waals surface area contributed by atoms with Crippen LogP contribution in [-0.4, -0.2) is 35.2 Å². The topological polar surface area (TPSA) is 38.3 Å². The molecule has 2 aliphatic carbocycles. The number of rotatable bonds is 16. The van der Waals surface area contributed by atoms with Crippen LogP contribution in [0.15, 0.2) is 0 Å². The molecule has 3 nitrogen and oxygen atoms in total. The molecule has 0 aromatic heterocycles. The van der Waals surface area contributed by atoms with Gasteiger partial charge in [0.05, 0.1) is 5.60 Å². The van der Waals surface area contributed by atoms with Crippen molar-refractivity contribution in [1.82, 2.24) is 5.32 Å². The summed E-state index contributed by atoms with van der Waals surface area (Å²) in [6, 6.07) is 0. The van der Waals surface area contributed by atoms with E-state index in [1.807, 2.05) is 0 Å². The zero-order chi connectivity index (χ0) is 25.5. The van der Waals surface area contributed by atoms with Gasteiger partial charge in [0.1, 0.15) is 0 Å². The molecule has 0 aliphatic heterocycles. The zero-order valence-corrected chi connectivity index (χ0v) is 24.9. The Labute approximate surface area is 216 Å². The van der Waals surface area contributed by atoms with Gasteiger partial charge in [-0.15, -0.1) is 0 Å². The molecule has 0 radical (unpaired) electrons. The van der Waals surface area contributed by atoms with E-state index in [0.717, 1.165) is 58.0 Å². The van der Waals surface area contributed by atoms with E-state index in [-0.39, 0.29) is 22.5 Å². The molecular weight excluding hydrogens is 438 g/mol. The second-order valence-corrected chi connectivity index (χ2v) is 14.2. The van der Waals surface area contributed by atoms with Crippen molar-refractivity contribution in [3.63, 3.8) is 0 Å². The van der Waals surface area contributed by atoms with Crippen LogP contribution in [0.4, 0.5) is 0 Å². The number of fused-ring (bicyclic) bond motifs is 2. The summed E-state index contributed by atoms with van der Waals surface area (Å²) in [5.41, 5.74) is 1.03. The summed E-state index contributed by atoms with van der Waals surface area (Å²) < 4.78 is 6.51. The second kappa shape index (κ2) is 12.3. The number of carbonyl (C=O) groups is 1. The molecule has 1 amide bonds. The van der Waals surface area contributed by atoms with Gasteiger partial charge in [-0.1, -0.05) is 61.8 Å². The molecule has 2 saturated carbocycles. The first-order valence-electron chi connectivity index (χ1n) is 14.5. The molecule has 2 fully saturated rings. The molecule has 0 saturated heterocycles. The van der Waals surface area contributed by atoms with Crippen LogP contribution in [0.1, 0.15) is 139 Å². The lowest BCUT2D eigenvalue weighted by molar-refractivity contribution is -0.126. The third-order valence-electron chi connectivity index (χ3n) is 9.34. The average Bonchev–Trinajstić information content (AvgIpc) is 3.32. The SMILES string of the molecule is CCCC(CC)(CC)OCCC(CC)(CC)NC(=O)CC12CCC(CSCC(C)(C)C)(CC1)C2. The van der Waals surface area contributed by atoms with E-state index < -0.39 is 0 Å². The van der Waals surface area contributed by atoms with E-state index in [0.29, 0.717) is 10.8 Å². The minimum atomic E-state index is -0.135. The van der Waals surface area contributed by atoms with Crippen molar-refractivity contribution in [2.24, 2.45) is 16.2 Å². The molecule has 2 aliphatic rings. The van der Waals surface area contributed by atoms with Crippen LogP contribution in [0.2, 0.25) is 0 Å². The van der Waals surface area contributed by atoms with Crippen LogP contribution in [-0.2, 0) is 9.53 Å². The van der Waals surface area contributed by atoms with Crippen LogP contribution in [0, 0.1) is 16.2 Å². The fourth-order valence-corrected chi connectivity index (χ4v) is 8.33. The maximum Gasteiger partial charge on any atom is 0.220 e. The van der Waals surface area contributed by atoms with Gasteiger partial charge >= 0.3 is 0 Å².